The lowest BCUT2D eigenvalue weighted by atomic mass is 9.45. The van der Waals surface area contributed by atoms with Gasteiger partial charge in [0.2, 0.25) is 0 Å². The third-order valence-corrected chi connectivity index (χ3v) is 13.6. The van der Waals surface area contributed by atoms with Gasteiger partial charge in [-0.3, -0.25) is 0 Å². The van der Waals surface area contributed by atoms with Gasteiger partial charge < -0.3 is 9.97 Å². The molecule has 3 aliphatic rings. The fourth-order valence-corrected chi connectivity index (χ4v) is 9.39. The van der Waals surface area contributed by atoms with Crippen LogP contribution in [0.4, 0.5) is 0 Å². The van der Waals surface area contributed by atoms with Crippen molar-refractivity contribution in [2.24, 2.45) is 0 Å². The minimum atomic E-state index is 0.436. The molecule has 2 N–H and O–H groups in total. The number of aromatic amines is 2. The molecule has 3 aliphatic heterocycles. The molecule has 7 aromatic rings. The van der Waals surface area contributed by atoms with Crippen molar-refractivity contribution in [3.8, 4) is 44.5 Å². The zero-order valence-corrected chi connectivity index (χ0v) is 39.8. The zero-order valence-electron chi connectivity index (χ0n) is 39.8. The number of aromatic nitrogens is 4. The van der Waals surface area contributed by atoms with Crippen molar-refractivity contribution in [3.05, 3.63) is 144 Å². The predicted octanol–water partition coefficient (Wildman–Crippen LogP) is 13.1. The van der Waals surface area contributed by atoms with Crippen molar-refractivity contribution in [2.75, 3.05) is 0 Å². The van der Waals surface area contributed by atoms with Gasteiger partial charge in [0.25, 0.3) is 0 Å². The van der Waals surface area contributed by atoms with Crippen LogP contribution >= 0.6 is 0 Å². The largest absolute Gasteiger partial charge is 0.354 e. The highest BCUT2D eigenvalue weighted by atomic mass is 14.8. The second kappa shape index (κ2) is 18.7. The summed E-state index contributed by atoms with van der Waals surface area (Å²) in [5.74, 6) is 0.746. The highest BCUT2D eigenvalue weighted by Crippen LogP contribution is 2.39. The molecule has 0 radical (unpaired) electrons. The first-order valence-electron chi connectivity index (χ1n) is 24.1. The van der Waals surface area contributed by atoms with Crippen molar-refractivity contribution >= 4 is 95.1 Å². The van der Waals surface area contributed by atoms with Gasteiger partial charge in [-0.2, -0.15) is 0 Å². The monoisotopic (exact) mass is 845 g/mol. The summed E-state index contributed by atoms with van der Waals surface area (Å²) in [5, 5.41) is 0. The molecule has 0 saturated carbocycles. The minimum Gasteiger partial charge on any atom is -0.354 e. The Morgan fingerprint density at radius 1 is 0.462 bits per heavy atom. The third-order valence-electron chi connectivity index (χ3n) is 13.6. The van der Waals surface area contributed by atoms with Gasteiger partial charge in [-0.25, -0.2) is 9.97 Å². The zero-order chi connectivity index (χ0) is 45.4. The molecule has 0 aliphatic carbocycles. The summed E-state index contributed by atoms with van der Waals surface area (Å²) < 4.78 is 0. The summed E-state index contributed by atoms with van der Waals surface area (Å²) in [7, 11) is 0. The molecule has 0 spiro atoms. The Morgan fingerprint density at radius 2 is 0.754 bits per heavy atom. The normalized spacial score (nSPS) is 13.7. The summed E-state index contributed by atoms with van der Waals surface area (Å²) in [6, 6.07) is 45.3. The van der Waals surface area contributed by atoms with Gasteiger partial charge in [-0.05, 0) is 70.8 Å². The summed E-state index contributed by atoms with van der Waals surface area (Å²) in [6.45, 7) is 22.2. The average molecular weight is 844 g/mol. The predicted molar refractivity (Wildman–Crippen MR) is 292 cm³/mol. The van der Waals surface area contributed by atoms with Gasteiger partial charge in [-0.1, -0.05) is 206 Å². The number of nitrogens with zero attached hydrogens (tertiary/aromatic N) is 2. The molecule has 320 valence electrons. The number of hydrogen-bond acceptors (Lipinski definition) is 2. The Balaban J connectivity index is 0.00000173. The number of fused-ring (bicyclic) bond motifs is 8. The van der Waals surface area contributed by atoms with Crippen LogP contribution in [0.25, 0.3) is 90.9 Å². The number of hydrogen-bond donors (Lipinski definition) is 2. The van der Waals surface area contributed by atoms with Crippen LogP contribution in [0.3, 0.4) is 0 Å². The molecular weight excluding hydrogens is 784 g/mol. The van der Waals surface area contributed by atoms with E-state index in [0.717, 1.165) is 101 Å². The lowest BCUT2D eigenvalue weighted by molar-refractivity contribution is 1.09. The maximum absolute atomic E-state index is 5.56. The van der Waals surface area contributed by atoms with Gasteiger partial charge in [0.1, 0.15) is 0 Å². The molecule has 10 rings (SSSR count). The van der Waals surface area contributed by atoms with E-state index in [1.54, 1.807) is 0 Å². The lowest BCUT2D eigenvalue weighted by Gasteiger charge is -2.10. The van der Waals surface area contributed by atoms with E-state index >= 15 is 0 Å². The van der Waals surface area contributed by atoms with E-state index in [0.29, 0.717) is 26.9 Å². The number of H-pyrrole nitrogens is 2. The average Bonchev–Trinajstić information content (AvgIpc) is 3.91. The van der Waals surface area contributed by atoms with Crippen LogP contribution in [0.5, 0.6) is 0 Å². The van der Waals surface area contributed by atoms with E-state index in [9.17, 15) is 0 Å². The highest BCUT2D eigenvalue weighted by Gasteiger charge is 2.38. The molecule has 4 nitrogen and oxygen atoms in total. The van der Waals surface area contributed by atoms with Gasteiger partial charge in [-0.15, -0.1) is 0 Å². The van der Waals surface area contributed by atoms with Crippen LogP contribution in [0.15, 0.2) is 121 Å². The van der Waals surface area contributed by atoms with E-state index in [2.05, 4.69) is 217 Å². The summed E-state index contributed by atoms with van der Waals surface area (Å²) >= 11 is 0. The molecule has 1 saturated heterocycles. The van der Waals surface area contributed by atoms with Gasteiger partial charge in [0.15, 0.2) is 26.9 Å². The molecule has 1 fully saturated rings. The second-order valence-corrected chi connectivity index (χ2v) is 19.1. The summed E-state index contributed by atoms with van der Waals surface area (Å²) in [5.41, 5.74) is 21.9. The second-order valence-electron chi connectivity index (χ2n) is 19.1. The third kappa shape index (κ3) is 8.93. The van der Waals surface area contributed by atoms with Crippen LogP contribution in [0.1, 0.15) is 56.9 Å². The maximum Gasteiger partial charge on any atom is 0.177 e. The molecule has 1 atom stereocenters. The maximum atomic E-state index is 5.56. The first-order chi connectivity index (χ1) is 31.5. The molecular formula is C57H60B4N4. The van der Waals surface area contributed by atoms with E-state index < -0.39 is 0 Å². The Hall–Kier alpha value is -6.26. The van der Waals surface area contributed by atoms with Crippen molar-refractivity contribution < 1.29 is 0 Å². The van der Waals surface area contributed by atoms with E-state index in [1.807, 2.05) is 0 Å². The van der Waals surface area contributed by atoms with E-state index in [1.165, 1.54) is 34.6 Å². The van der Waals surface area contributed by atoms with Gasteiger partial charge in [0.05, 0.1) is 22.8 Å². The molecule has 3 aromatic heterocycles. The lowest BCUT2D eigenvalue weighted by Crippen LogP contribution is -2.24. The van der Waals surface area contributed by atoms with Crippen molar-refractivity contribution in [2.45, 2.75) is 86.7 Å². The smallest absolute Gasteiger partial charge is 0.177 e. The van der Waals surface area contributed by atoms with E-state index in [-0.39, 0.29) is 0 Å². The standard InChI is InChI=1S/C54H52B4N4.C3H8/c1-8-57(7)41-21-13-37(14-22-41)53-47-29-27-45(60-47)51(35-9-17-39(18-10-35)55(3)4)43-25-26-44(59-43)52(36-11-19-40(20-12-36)56(5)6)46-28-31-49(61-46)54(50-32-30-48(53)62-50)38-15-23-42(24-16-38)58-33-34(58)2;1-3-2/h9-32,34,60-61H,8,33H2,1-7H3;3H2,1-2H3/t34-;/m0./s1. The van der Waals surface area contributed by atoms with Crippen molar-refractivity contribution in [1.82, 2.24) is 19.9 Å². The topological polar surface area (TPSA) is 57.4 Å². The summed E-state index contributed by atoms with van der Waals surface area (Å²) in [4.78, 5) is 19.0. The fourth-order valence-electron chi connectivity index (χ4n) is 9.39. The SMILES string of the molecule is CCB(C)c1ccc(-c2c3nc(c(-c4ccc(B5C[C@@H]5C)cc4)c4ccc([nH]4)c(-c4ccc(B(C)C)cc4)c4nc(c(-c5ccc(B(C)C)cc5)c5ccc2[nH]5)C=C4)C=C3)cc1.CCC. The molecule has 8 bridgehead atoms. The van der Waals surface area contributed by atoms with Crippen LogP contribution in [-0.4, -0.2) is 46.8 Å². The van der Waals surface area contributed by atoms with Gasteiger partial charge in [0, 0.05) is 44.3 Å². The Kier molecular flexibility index (Phi) is 12.6. The number of rotatable bonds is 9. The molecule has 0 unspecified atom stereocenters. The van der Waals surface area contributed by atoms with Crippen LogP contribution in [0, 0.1) is 0 Å². The summed E-state index contributed by atoms with van der Waals surface area (Å²) in [6.07, 6.45) is 12.4. The fraction of sp³-hybridized carbons (Fsp3) is 0.228. The van der Waals surface area contributed by atoms with Crippen molar-refractivity contribution in [3.63, 3.8) is 0 Å². The highest BCUT2D eigenvalue weighted by molar-refractivity contribution is 6.84. The first-order valence-corrected chi connectivity index (χ1v) is 24.1. The minimum absolute atomic E-state index is 0.436. The first kappa shape index (κ1) is 44.0. The number of nitrogens with one attached hydrogen (secondary N) is 2. The molecule has 8 heteroatoms. The van der Waals surface area contributed by atoms with Gasteiger partial charge >= 0.3 is 0 Å². The molecule has 6 heterocycles. The van der Waals surface area contributed by atoms with Crippen LogP contribution in [0.2, 0.25) is 52.6 Å². The molecule has 65 heavy (non-hydrogen) atoms. The van der Waals surface area contributed by atoms with Crippen molar-refractivity contribution in [1.29, 1.82) is 0 Å². The van der Waals surface area contributed by atoms with Crippen LogP contribution in [-0.2, 0) is 0 Å². The molecule has 4 aromatic carbocycles. The quantitative estimate of drug-likeness (QED) is 0.142. The van der Waals surface area contributed by atoms with Crippen LogP contribution < -0.4 is 21.9 Å². The van der Waals surface area contributed by atoms with E-state index in [4.69, 9.17) is 9.97 Å². The number of benzene rings is 4. The molecule has 0 amide bonds. The Labute approximate surface area is 388 Å². The Bertz CT molecular complexity index is 2870. The Morgan fingerprint density at radius 3 is 1.03 bits per heavy atom.